The van der Waals surface area contributed by atoms with E-state index in [-0.39, 0.29) is 12.4 Å². The summed E-state index contributed by atoms with van der Waals surface area (Å²) >= 11 is 0. The van der Waals surface area contributed by atoms with E-state index in [1.165, 1.54) is 12.7 Å². The van der Waals surface area contributed by atoms with Crippen molar-refractivity contribution in [2.75, 3.05) is 0 Å². The number of hydrogen-bond donors (Lipinski definition) is 0. The lowest BCUT2D eigenvalue weighted by Crippen LogP contribution is -3.00. The van der Waals surface area contributed by atoms with Crippen LogP contribution < -0.4 is 17.7 Å². The summed E-state index contributed by atoms with van der Waals surface area (Å²) in [6.07, 6.45) is 2.78. The first-order chi connectivity index (χ1) is 2.50. The maximum Gasteiger partial charge on any atom is 0.330 e. The van der Waals surface area contributed by atoms with Crippen LogP contribution in [0, 0.1) is 0 Å². The van der Waals surface area contributed by atoms with Gasteiger partial charge < -0.3 is 12.4 Å². The van der Waals surface area contributed by atoms with E-state index in [0.717, 1.165) is 0 Å². The quantitative estimate of drug-likeness (QED) is 0.306. The minimum Gasteiger partial charge on any atom is -1.00 e. The predicted molar refractivity (Wildman–Crippen MR) is 19.1 cm³/mol. The van der Waals surface area contributed by atoms with E-state index in [2.05, 4.69) is 15.5 Å². The lowest BCUT2D eigenvalue weighted by atomic mass is 11.2. The molecule has 2 radical (unpaired) electrons. The van der Waals surface area contributed by atoms with Gasteiger partial charge in [0.2, 0.25) is 0 Å². The van der Waals surface area contributed by atoms with Crippen LogP contribution >= 0.6 is 0 Å². The van der Waals surface area contributed by atoms with Gasteiger partial charge in [0.05, 0.1) is 0 Å². The highest BCUT2D eigenvalue weighted by Gasteiger charge is 1.95. The normalized spacial score (nSPS) is 14.7. The van der Waals surface area contributed by atoms with Crippen molar-refractivity contribution < 1.29 is 12.4 Å². The molecule has 1 rings (SSSR count). The fourth-order valence-electron chi connectivity index (χ4n) is 0.149. The second-order valence-corrected chi connectivity index (χ2v) is 0.611. The van der Waals surface area contributed by atoms with Crippen molar-refractivity contribution in [1.82, 2.24) is 5.32 Å². The van der Waals surface area contributed by atoms with Crippen molar-refractivity contribution in [2.24, 2.45) is 10.2 Å². The molecule has 1 heterocycles. The molecule has 32 valence electrons. The van der Waals surface area contributed by atoms with Crippen molar-refractivity contribution in [2.45, 2.75) is 0 Å². The van der Waals surface area contributed by atoms with Gasteiger partial charge in [-0.05, 0) is 0 Å². The molecule has 0 aliphatic carbocycles. The lowest BCUT2D eigenvalue weighted by molar-refractivity contribution is -0.00000111. The van der Waals surface area contributed by atoms with Gasteiger partial charge in [0.25, 0.3) is 0 Å². The third kappa shape index (κ3) is 1.14. The average molecular weight is 104 g/mol. The molecule has 0 atom stereocenters. The smallest absolute Gasteiger partial charge is 0.330 e. The molecule has 3 nitrogen and oxygen atoms in total. The highest BCUT2D eigenvalue weighted by molar-refractivity contribution is 5.77. The third-order valence-electron chi connectivity index (χ3n) is 0.303. The summed E-state index contributed by atoms with van der Waals surface area (Å²) < 4.78 is 0. The summed E-state index contributed by atoms with van der Waals surface area (Å²) in [7, 11) is 0. The molecule has 0 saturated heterocycles. The molecular weight excluding hydrogens is 101 g/mol. The lowest BCUT2D eigenvalue weighted by Gasteiger charge is -1.38. The summed E-state index contributed by atoms with van der Waals surface area (Å²) in [6.45, 7) is 0. The van der Waals surface area contributed by atoms with Gasteiger partial charge in [-0.2, -0.15) is 0 Å². The van der Waals surface area contributed by atoms with E-state index < -0.39 is 0 Å². The molecule has 4 heteroatoms. The van der Waals surface area contributed by atoms with Gasteiger partial charge in [-0.1, -0.05) is 10.2 Å². The zero-order valence-electron chi connectivity index (χ0n) is 2.87. The van der Waals surface area contributed by atoms with Crippen LogP contribution in [0.5, 0.6) is 0 Å². The standard InChI is InChI=1S/C2H2N3.ClH/c1-3-2-5-4-1;/h1-2H;1H/q+1;/p-1. The van der Waals surface area contributed by atoms with Crippen molar-refractivity contribution in [3.05, 3.63) is 0 Å². The number of nitrogens with zero attached hydrogens (tertiary/aromatic N) is 3. The molecule has 0 aromatic carbocycles. The molecule has 0 saturated carbocycles. The van der Waals surface area contributed by atoms with E-state index in [9.17, 15) is 0 Å². The minimum absolute atomic E-state index is 0. The van der Waals surface area contributed by atoms with Crippen molar-refractivity contribution >= 4 is 12.7 Å². The first kappa shape index (κ1) is 5.59. The molecule has 0 spiro atoms. The summed E-state index contributed by atoms with van der Waals surface area (Å²) in [5.41, 5.74) is 0. The van der Waals surface area contributed by atoms with Gasteiger partial charge >= 0.3 is 12.7 Å². The van der Waals surface area contributed by atoms with Gasteiger partial charge in [0.1, 0.15) is 0 Å². The molecule has 1 aliphatic heterocycles. The van der Waals surface area contributed by atoms with Gasteiger partial charge in [-0.15, -0.1) is 0 Å². The zero-order chi connectivity index (χ0) is 3.54. The van der Waals surface area contributed by atoms with Crippen LogP contribution in [0.4, 0.5) is 0 Å². The molecular formula is C2H2ClN3. The Morgan fingerprint density at radius 3 is 1.83 bits per heavy atom. The zero-order valence-corrected chi connectivity index (χ0v) is 3.63. The van der Waals surface area contributed by atoms with Crippen molar-refractivity contribution in [3.8, 4) is 0 Å². The first-order valence-electron chi connectivity index (χ1n) is 1.23. The number of rotatable bonds is 0. The largest absolute Gasteiger partial charge is 1.00 e. The Hall–Kier alpha value is -0.410. The Kier molecular flexibility index (Phi) is 2.62. The van der Waals surface area contributed by atoms with Gasteiger partial charge in [0, 0.05) is 0 Å². The topological polar surface area (TPSA) is 38.8 Å². The Morgan fingerprint density at radius 1 is 1.17 bits per heavy atom. The molecule has 0 aromatic rings. The summed E-state index contributed by atoms with van der Waals surface area (Å²) in [4.78, 5) is 0. The molecule has 0 fully saturated rings. The maximum atomic E-state index is 3.50. The number of hydrogen-bond acceptors (Lipinski definition) is 2. The fourth-order valence-corrected chi connectivity index (χ4v) is 0.149. The molecule has 1 aliphatic rings. The minimum atomic E-state index is 0. The molecule has 0 aromatic heterocycles. The molecule has 0 amide bonds. The highest BCUT2D eigenvalue weighted by atomic mass is 35.5. The van der Waals surface area contributed by atoms with Crippen LogP contribution in [0.2, 0.25) is 0 Å². The average Bonchev–Trinajstić information content (AvgIpc) is 1.76. The second-order valence-electron chi connectivity index (χ2n) is 0.611. The summed E-state index contributed by atoms with van der Waals surface area (Å²) in [5, 5.41) is 10.2. The molecule has 0 unspecified atom stereocenters. The highest BCUT2D eigenvalue weighted by Crippen LogP contribution is 1.67. The summed E-state index contributed by atoms with van der Waals surface area (Å²) in [6, 6.07) is 0. The monoisotopic (exact) mass is 103 g/mol. The molecule has 6 heavy (non-hydrogen) atoms. The van der Waals surface area contributed by atoms with E-state index >= 15 is 0 Å². The maximum absolute atomic E-state index is 3.50. The number of halogens is 1. The fraction of sp³-hybridized carbons (Fsp3) is 0. The van der Waals surface area contributed by atoms with E-state index in [4.69, 9.17) is 0 Å². The third-order valence-corrected chi connectivity index (χ3v) is 0.303. The van der Waals surface area contributed by atoms with Gasteiger partial charge in [-0.25, -0.2) is 0 Å². The van der Waals surface area contributed by atoms with Gasteiger partial charge in [-0.3, -0.25) is 0 Å². The van der Waals surface area contributed by atoms with E-state index in [0.29, 0.717) is 0 Å². The van der Waals surface area contributed by atoms with Gasteiger partial charge in [0.15, 0.2) is 5.32 Å². The molecule has 0 bridgehead atoms. The van der Waals surface area contributed by atoms with E-state index in [1.807, 2.05) is 0 Å². The summed E-state index contributed by atoms with van der Waals surface area (Å²) in [5.74, 6) is 0. The van der Waals surface area contributed by atoms with Crippen molar-refractivity contribution in [3.63, 3.8) is 0 Å². The Balaban J connectivity index is 0.000000250. The Labute approximate surface area is 41.6 Å². The van der Waals surface area contributed by atoms with Crippen LogP contribution in [0.3, 0.4) is 0 Å². The van der Waals surface area contributed by atoms with E-state index in [1.54, 1.807) is 0 Å². The van der Waals surface area contributed by atoms with Crippen molar-refractivity contribution in [1.29, 1.82) is 0 Å². The van der Waals surface area contributed by atoms with Crippen LogP contribution in [-0.2, 0) is 0 Å². The molecule has 0 N–H and O–H groups in total. The SMILES string of the molecule is C1=NN=C[N+]1.[Cl-]. The predicted octanol–water partition coefficient (Wildman–Crippen LogP) is -3.42. The Morgan fingerprint density at radius 2 is 1.67 bits per heavy atom. The second kappa shape index (κ2) is 2.81. The first-order valence-corrected chi connectivity index (χ1v) is 1.23. The van der Waals surface area contributed by atoms with Crippen LogP contribution in [0.15, 0.2) is 10.2 Å². The van der Waals surface area contributed by atoms with Crippen LogP contribution in [-0.4, -0.2) is 12.7 Å². The Bertz CT molecular complexity index is 66.9. The van der Waals surface area contributed by atoms with Crippen LogP contribution in [0.1, 0.15) is 0 Å². The van der Waals surface area contributed by atoms with Crippen LogP contribution in [0.25, 0.3) is 0 Å².